The highest BCUT2D eigenvalue weighted by Crippen LogP contribution is 2.24. The van der Waals surface area contributed by atoms with Crippen molar-refractivity contribution in [2.75, 3.05) is 6.54 Å². The zero-order valence-electron chi connectivity index (χ0n) is 13.9. The largest absolute Gasteiger partial charge is 0.445 e. The Kier molecular flexibility index (Phi) is 3.59. The van der Waals surface area contributed by atoms with Crippen LogP contribution in [0.25, 0.3) is 10.9 Å². The maximum atomic E-state index is 12.7. The number of nitrogens with zero attached hydrogens (tertiary/aromatic N) is 4. The van der Waals surface area contributed by atoms with Crippen LogP contribution in [-0.2, 0) is 24.3 Å². The van der Waals surface area contributed by atoms with Crippen molar-refractivity contribution in [3.63, 3.8) is 0 Å². The monoisotopic (exact) mass is 324 g/mol. The number of oxazole rings is 1. The molecule has 0 saturated heterocycles. The van der Waals surface area contributed by atoms with Crippen molar-refractivity contribution in [2.24, 2.45) is 0 Å². The van der Waals surface area contributed by atoms with E-state index in [2.05, 4.69) is 23.9 Å². The van der Waals surface area contributed by atoms with E-state index in [0.717, 1.165) is 34.7 Å². The molecule has 24 heavy (non-hydrogen) atoms. The Hall–Kier alpha value is -2.63. The second-order valence-electron chi connectivity index (χ2n) is 6.50. The van der Waals surface area contributed by atoms with Crippen LogP contribution in [0, 0.1) is 0 Å². The lowest BCUT2D eigenvalue weighted by Crippen LogP contribution is -2.38. The Labute approximate surface area is 140 Å². The molecule has 4 rings (SSSR count). The fraction of sp³-hybridized carbons (Fsp3) is 0.389. The van der Waals surface area contributed by atoms with Gasteiger partial charge in [-0.15, -0.1) is 0 Å². The molecule has 0 fully saturated rings. The summed E-state index contributed by atoms with van der Waals surface area (Å²) >= 11 is 0. The molecule has 0 atom stereocenters. The molecule has 1 amide bonds. The lowest BCUT2D eigenvalue weighted by molar-refractivity contribution is -0.133. The van der Waals surface area contributed by atoms with Crippen molar-refractivity contribution in [1.29, 1.82) is 0 Å². The van der Waals surface area contributed by atoms with Gasteiger partial charge in [0.15, 0.2) is 5.89 Å². The lowest BCUT2D eigenvalue weighted by Gasteiger charge is -2.25. The summed E-state index contributed by atoms with van der Waals surface area (Å²) in [5.74, 6) is 2.00. The normalized spacial score (nSPS) is 14.4. The molecule has 0 aliphatic carbocycles. The number of rotatable bonds is 3. The molecular weight excluding hydrogens is 304 g/mol. The maximum Gasteiger partial charge on any atom is 0.244 e. The van der Waals surface area contributed by atoms with Gasteiger partial charge in [-0.2, -0.15) is 5.10 Å². The average Bonchev–Trinajstić information content (AvgIpc) is 3.18. The van der Waals surface area contributed by atoms with Crippen LogP contribution >= 0.6 is 0 Å². The molecule has 124 valence electrons. The number of hydrogen-bond donors (Lipinski definition) is 0. The van der Waals surface area contributed by atoms with Crippen molar-refractivity contribution in [2.45, 2.75) is 39.3 Å². The highest BCUT2D eigenvalue weighted by molar-refractivity contribution is 5.82. The summed E-state index contributed by atoms with van der Waals surface area (Å²) < 4.78 is 7.55. The summed E-state index contributed by atoms with van der Waals surface area (Å²) in [4.78, 5) is 19.1. The highest BCUT2D eigenvalue weighted by atomic mass is 16.4. The minimum atomic E-state index is 0.0589. The Morgan fingerprint density at radius 1 is 1.33 bits per heavy atom. The summed E-state index contributed by atoms with van der Waals surface area (Å²) in [7, 11) is 0. The van der Waals surface area contributed by atoms with Crippen LogP contribution in [-0.4, -0.2) is 32.1 Å². The van der Waals surface area contributed by atoms with Gasteiger partial charge in [0.25, 0.3) is 0 Å². The lowest BCUT2D eigenvalue weighted by atomic mass is 10.1. The van der Waals surface area contributed by atoms with Crippen LogP contribution in [0.2, 0.25) is 0 Å². The van der Waals surface area contributed by atoms with Gasteiger partial charge in [0.05, 0.1) is 18.3 Å². The minimum Gasteiger partial charge on any atom is -0.445 e. The van der Waals surface area contributed by atoms with Crippen LogP contribution in [0.5, 0.6) is 0 Å². The van der Waals surface area contributed by atoms with Crippen LogP contribution in [0.3, 0.4) is 0 Å². The molecule has 0 saturated carbocycles. The molecule has 0 spiro atoms. The molecule has 6 heteroatoms. The fourth-order valence-corrected chi connectivity index (χ4v) is 3.06. The van der Waals surface area contributed by atoms with Crippen molar-refractivity contribution in [1.82, 2.24) is 19.7 Å². The minimum absolute atomic E-state index is 0.0589. The Bertz CT molecular complexity index is 893. The van der Waals surface area contributed by atoms with Crippen molar-refractivity contribution in [3.05, 3.63) is 47.8 Å². The zero-order chi connectivity index (χ0) is 16.7. The molecule has 1 aromatic carbocycles. The van der Waals surface area contributed by atoms with Gasteiger partial charge in [0.2, 0.25) is 5.91 Å². The smallest absolute Gasteiger partial charge is 0.244 e. The maximum absolute atomic E-state index is 12.7. The van der Waals surface area contributed by atoms with E-state index in [-0.39, 0.29) is 18.4 Å². The van der Waals surface area contributed by atoms with E-state index in [9.17, 15) is 4.79 Å². The molecule has 3 aromatic rings. The summed E-state index contributed by atoms with van der Waals surface area (Å²) in [5, 5.41) is 5.38. The summed E-state index contributed by atoms with van der Waals surface area (Å²) in [6.07, 6.45) is 2.52. The molecule has 0 bridgehead atoms. The molecule has 0 unspecified atom stereocenters. The van der Waals surface area contributed by atoms with E-state index in [1.165, 1.54) is 0 Å². The standard InChI is InChI=1S/C18H20N4O2/c1-12(2)18-20-14-10-21(8-7-16(14)24-18)17(23)11-22-15-6-4-3-5-13(15)9-19-22/h3-6,9,12H,7-8,10-11H2,1-2H3. The predicted octanol–water partition coefficient (Wildman–Crippen LogP) is 2.73. The first-order valence-electron chi connectivity index (χ1n) is 8.28. The van der Waals surface area contributed by atoms with E-state index in [1.807, 2.05) is 29.2 Å². The molecule has 1 aliphatic heterocycles. The van der Waals surface area contributed by atoms with Gasteiger partial charge in [-0.05, 0) is 6.07 Å². The van der Waals surface area contributed by atoms with Crippen molar-refractivity contribution in [3.8, 4) is 0 Å². The summed E-state index contributed by atoms with van der Waals surface area (Å²) in [6.45, 7) is 5.55. The van der Waals surface area contributed by atoms with E-state index < -0.39 is 0 Å². The van der Waals surface area contributed by atoms with Gasteiger partial charge < -0.3 is 9.32 Å². The van der Waals surface area contributed by atoms with Gasteiger partial charge in [0, 0.05) is 24.3 Å². The van der Waals surface area contributed by atoms with Crippen LogP contribution in [0.1, 0.15) is 37.1 Å². The van der Waals surface area contributed by atoms with Gasteiger partial charge in [0.1, 0.15) is 18.0 Å². The van der Waals surface area contributed by atoms with Crippen LogP contribution in [0.4, 0.5) is 0 Å². The number of aromatic nitrogens is 3. The first-order chi connectivity index (χ1) is 11.6. The van der Waals surface area contributed by atoms with Gasteiger partial charge in [-0.1, -0.05) is 32.0 Å². The predicted molar refractivity (Wildman–Crippen MR) is 89.4 cm³/mol. The van der Waals surface area contributed by atoms with Gasteiger partial charge in [-0.3, -0.25) is 9.48 Å². The first kappa shape index (κ1) is 14.9. The van der Waals surface area contributed by atoms with E-state index >= 15 is 0 Å². The van der Waals surface area contributed by atoms with Crippen molar-refractivity contribution < 1.29 is 9.21 Å². The van der Waals surface area contributed by atoms with Crippen LogP contribution in [0.15, 0.2) is 34.9 Å². The number of carbonyl (C=O) groups is 1. The van der Waals surface area contributed by atoms with Gasteiger partial charge in [-0.25, -0.2) is 4.98 Å². The topological polar surface area (TPSA) is 64.2 Å². The zero-order valence-corrected chi connectivity index (χ0v) is 13.9. The number of fused-ring (bicyclic) bond motifs is 2. The quantitative estimate of drug-likeness (QED) is 0.743. The Morgan fingerprint density at radius 3 is 3.00 bits per heavy atom. The molecule has 0 N–H and O–H groups in total. The van der Waals surface area contributed by atoms with E-state index in [4.69, 9.17) is 4.42 Å². The second kappa shape index (κ2) is 5.78. The molecule has 3 heterocycles. The fourth-order valence-electron chi connectivity index (χ4n) is 3.06. The Balaban J connectivity index is 1.51. The Morgan fingerprint density at radius 2 is 2.17 bits per heavy atom. The number of benzene rings is 1. The number of hydrogen-bond acceptors (Lipinski definition) is 4. The van der Waals surface area contributed by atoms with E-state index in [1.54, 1.807) is 10.9 Å². The molecule has 6 nitrogen and oxygen atoms in total. The molecular formula is C18H20N4O2. The first-order valence-corrected chi connectivity index (χ1v) is 8.28. The summed E-state index contributed by atoms with van der Waals surface area (Å²) in [5.41, 5.74) is 1.87. The number of carbonyl (C=O) groups excluding carboxylic acids is 1. The third-order valence-corrected chi connectivity index (χ3v) is 4.43. The molecule has 2 aromatic heterocycles. The highest BCUT2D eigenvalue weighted by Gasteiger charge is 2.26. The number of para-hydroxylation sites is 1. The third kappa shape index (κ3) is 2.58. The second-order valence-corrected chi connectivity index (χ2v) is 6.50. The molecule has 1 aliphatic rings. The number of amides is 1. The molecule has 0 radical (unpaired) electrons. The van der Waals surface area contributed by atoms with Crippen LogP contribution < -0.4 is 0 Å². The SMILES string of the molecule is CC(C)c1nc2c(o1)CCN(C(=O)Cn1ncc3ccccc31)C2. The summed E-state index contributed by atoms with van der Waals surface area (Å²) in [6, 6.07) is 7.91. The van der Waals surface area contributed by atoms with E-state index in [0.29, 0.717) is 13.1 Å². The van der Waals surface area contributed by atoms with Gasteiger partial charge >= 0.3 is 0 Å². The van der Waals surface area contributed by atoms with Crippen molar-refractivity contribution >= 4 is 16.8 Å². The average molecular weight is 324 g/mol. The third-order valence-electron chi connectivity index (χ3n) is 4.43.